The average molecular weight is 491 g/mol. The molecular formula is C23H24ClF5N2O2. The lowest BCUT2D eigenvalue weighted by atomic mass is 9.75. The molecule has 1 unspecified atom stereocenters. The van der Waals surface area contributed by atoms with E-state index in [9.17, 15) is 31.9 Å². The second kappa shape index (κ2) is 9.93. The molecule has 1 amide bonds. The lowest BCUT2D eigenvalue weighted by Gasteiger charge is -2.41. The number of hydrogen-bond donors (Lipinski definition) is 2. The summed E-state index contributed by atoms with van der Waals surface area (Å²) in [5.74, 6) is -1.52. The molecule has 2 N–H and O–H groups in total. The van der Waals surface area contributed by atoms with Gasteiger partial charge in [0.05, 0.1) is 22.2 Å². The van der Waals surface area contributed by atoms with E-state index < -0.39 is 47.0 Å². The van der Waals surface area contributed by atoms with Crippen LogP contribution in [0.25, 0.3) is 0 Å². The normalized spacial score (nSPS) is 22.1. The molecule has 1 atom stereocenters. The van der Waals surface area contributed by atoms with Gasteiger partial charge in [0.1, 0.15) is 17.7 Å². The van der Waals surface area contributed by atoms with Crippen molar-refractivity contribution in [1.82, 2.24) is 10.3 Å². The first-order valence-corrected chi connectivity index (χ1v) is 11.0. The quantitative estimate of drug-likeness (QED) is 0.491. The van der Waals surface area contributed by atoms with Gasteiger partial charge in [-0.2, -0.15) is 13.2 Å². The van der Waals surface area contributed by atoms with Gasteiger partial charge in [-0.3, -0.25) is 9.78 Å². The Labute approximate surface area is 193 Å². The lowest BCUT2D eigenvalue weighted by molar-refractivity contribution is -0.141. The van der Waals surface area contributed by atoms with Crippen molar-refractivity contribution in [3.05, 3.63) is 63.7 Å². The van der Waals surface area contributed by atoms with E-state index in [1.807, 2.05) is 6.92 Å². The first kappa shape index (κ1) is 25.4. The smallest absolute Gasteiger partial charge is 0.387 e. The van der Waals surface area contributed by atoms with Crippen LogP contribution >= 0.6 is 11.6 Å². The van der Waals surface area contributed by atoms with Crippen LogP contribution in [0, 0.1) is 5.82 Å². The number of nitrogens with one attached hydrogen (secondary N) is 1. The van der Waals surface area contributed by atoms with Gasteiger partial charge in [-0.1, -0.05) is 37.1 Å². The van der Waals surface area contributed by atoms with Gasteiger partial charge >= 0.3 is 6.18 Å². The molecule has 0 spiro atoms. The first-order chi connectivity index (χ1) is 15.5. The highest BCUT2D eigenvalue weighted by Crippen LogP contribution is 2.41. The van der Waals surface area contributed by atoms with E-state index in [1.165, 1.54) is 12.1 Å². The third kappa shape index (κ3) is 5.63. The third-order valence-electron chi connectivity index (χ3n) is 5.95. The number of carbonyl (C=O) groups is 1. The second-order valence-corrected chi connectivity index (χ2v) is 8.70. The summed E-state index contributed by atoms with van der Waals surface area (Å²) in [4.78, 5) is 16.3. The number of benzene rings is 1. The zero-order chi connectivity index (χ0) is 24.4. The van der Waals surface area contributed by atoms with Crippen molar-refractivity contribution in [2.24, 2.45) is 0 Å². The van der Waals surface area contributed by atoms with Crippen molar-refractivity contribution in [2.45, 2.75) is 69.4 Å². The van der Waals surface area contributed by atoms with Crippen molar-refractivity contribution < 1.29 is 31.9 Å². The number of carbonyl (C=O) groups excluding carboxylic acids is 1. The molecule has 1 fully saturated rings. The molecule has 1 aliphatic rings. The highest BCUT2D eigenvalue weighted by Gasteiger charge is 2.43. The number of aromatic nitrogens is 1. The topological polar surface area (TPSA) is 62.2 Å². The highest BCUT2D eigenvalue weighted by atomic mass is 35.5. The fourth-order valence-corrected chi connectivity index (χ4v) is 4.40. The molecule has 0 saturated heterocycles. The molecule has 1 aromatic carbocycles. The van der Waals surface area contributed by atoms with Crippen LogP contribution in [-0.2, 0) is 12.6 Å². The Balaban J connectivity index is 2.05. The van der Waals surface area contributed by atoms with Crippen molar-refractivity contribution in [3.63, 3.8) is 0 Å². The zero-order valence-corrected chi connectivity index (χ0v) is 18.6. The van der Waals surface area contributed by atoms with Crippen LogP contribution in [0.5, 0.6) is 0 Å². The molecule has 33 heavy (non-hydrogen) atoms. The average Bonchev–Trinajstić information content (AvgIpc) is 2.75. The van der Waals surface area contributed by atoms with Crippen molar-refractivity contribution >= 4 is 17.5 Å². The number of pyridine rings is 1. The van der Waals surface area contributed by atoms with Crippen molar-refractivity contribution in [1.29, 1.82) is 0 Å². The summed E-state index contributed by atoms with van der Waals surface area (Å²) in [6.45, 7) is 1.84. The molecule has 1 heterocycles. The Kier molecular flexibility index (Phi) is 7.63. The predicted molar refractivity (Wildman–Crippen MR) is 113 cm³/mol. The lowest BCUT2D eigenvalue weighted by Crippen LogP contribution is -2.49. The molecule has 1 aliphatic carbocycles. The molecule has 0 radical (unpaired) electrons. The van der Waals surface area contributed by atoms with Crippen LogP contribution in [0.15, 0.2) is 30.5 Å². The summed E-state index contributed by atoms with van der Waals surface area (Å²) >= 11 is 5.95. The third-order valence-corrected chi connectivity index (χ3v) is 6.25. The van der Waals surface area contributed by atoms with E-state index in [4.69, 9.17) is 11.6 Å². The standard InChI is InChI=1S/C23H24ClF5N2O2/c1-2-4-14-15(5-3-6-18(14)26)20(22(33)9-7-13(25)8-10-22)31-21(32)16-11-19(23(27,28)29)30-12-17(16)24/h3,5-6,11-13,20,33H,2,4,7-10H2,1H3,(H,31,32). The minimum absolute atomic E-state index is 0.0148. The minimum Gasteiger partial charge on any atom is -0.387 e. The minimum atomic E-state index is -4.80. The maximum Gasteiger partial charge on any atom is 0.433 e. The summed E-state index contributed by atoms with van der Waals surface area (Å²) in [5, 5.41) is 13.7. The number of nitrogens with zero attached hydrogens (tertiary/aromatic N) is 1. The van der Waals surface area contributed by atoms with Gasteiger partial charge < -0.3 is 10.4 Å². The maximum atomic E-state index is 14.7. The van der Waals surface area contributed by atoms with E-state index in [2.05, 4.69) is 10.3 Å². The SMILES string of the molecule is CCCc1c(F)cccc1C(NC(=O)c1cc(C(F)(F)F)ncc1Cl)C1(O)CCC(F)CC1. The largest absolute Gasteiger partial charge is 0.433 e. The zero-order valence-electron chi connectivity index (χ0n) is 17.9. The van der Waals surface area contributed by atoms with Gasteiger partial charge in [-0.25, -0.2) is 8.78 Å². The Morgan fingerprint density at radius 1 is 1.33 bits per heavy atom. The van der Waals surface area contributed by atoms with E-state index in [0.29, 0.717) is 24.5 Å². The van der Waals surface area contributed by atoms with Crippen molar-refractivity contribution in [2.75, 3.05) is 0 Å². The monoisotopic (exact) mass is 490 g/mol. The van der Waals surface area contributed by atoms with E-state index in [0.717, 1.165) is 6.20 Å². The molecule has 2 aromatic rings. The van der Waals surface area contributed by atoms with E-state index >= 15 is 0 Å². The summed E-state index contributed by atoms with van der Waals surface area (Å²) < 4.78 is 67.8. The van der Waals surface area contributed by atoms with E-state index in [1.54, 1.807) is 6.07 Å². The van der Waals surface area contributed by atoms with Gasteiger partial charge in [0.25, 0.3) is 5.91 Å². The number of halogens is 6. The second-order valence-electron chi connectivity index (χ2n) is 8.29. The summed E-state index contributed by atoms with van der Waals surface area (Å²) in [5.41, 5.74) is -2.84. The Morgan fingerprint density at radius 2 is 2.00 bits per heavy atom. The molecule has 3 rings (SSSR count). The number of amides is 1. The Hall–Kier alpha value is -2.26. The molecular weight excluding hydrogens is 467 g/mol. The summed E-state index contributed by atoms with van der Waals surface area (Å²) in [7, 11) is 0. The van der Waals surface area contributed by atoms with Gasteiger partial charge in [0, 0.05) is 6.20 Å². The van der Waals surface area contributed by atoms with Gasteiger partial charge in [-0.15, -0.1) is 0 Å². The van der Waals surface area contributed by atoms with Crippen molar-refractivity contribution in [3.8, 4) is 0 Å². The summed E-state index contributed by atoms with van der Waals surface area (Å²) in [6, 6.07) is 3.57. The van der Waals surface area contributed by atoms with Gasteiger partial charge in [0.2, 0.25) is 0 Å². The maximum absolute atomic E-state index is 14.7. The van der Waals surface area contributed by atoms with Gasteiger partial charge in [0.15, 0.2) is 0 Å². The number of hydrogen-bond acceptors (Lipinski definition) is 3. The number of rotatable bonds is 6. The van der Waals surface area contributed by atoms with Crippen LogP contribution < -0.4 is 5.32 Å². The predicted octanol–water partition coefficient (Wildman–Crippen LogP) is 5.96. The molecule has 0 aliphatic heterocycles. The van der Waals surface area contributed by atoms with Crippen LogP contribution in [0.3, 0.4) is 0 Å². The Bertz CT molecular complexity index is 1010. The molecule has 4 nitrogen and oxygen atoms in total. The van der Waals surface area contributed by atoms with Crippen LogP contribution in [0.4, 0.5) is 22.0 Å². The van der Waals surface area contributed by atoms with Crippen LogP contribution in [0.2, 0.25) is 5.02 Å². The van der Waals surface area contributed by atoms with Gasteiger partial charge in [-0.05, 0) is 55.4 Å². The summed E-state index contributed by atoms with van der Waals surface area (Å²) in [6.07, 6.45) is -4.26. The highest BCUT2D eigenvalue weighted by molar-refractivity contribution is 6.33. The molecule has 0 bridgehead atoms. The number of aliphatic hydroxyl groups is 1. The van der Waals surface area contributed by atoms with E-state index in [-0.39, 0.29) is 36.3 Å². The molecule has 1 saturated carbocycles. The van der Waals surface area contributed by atoms with Crippen LogP contribution in [-0.4, -0.2) is 27.8 Å². The fourth-order valence-electron chi connectivity index (χ4n) is 4.21. The number of alkyl halides is 4. The van der Waals surface area contributed by atoms with Crippen LogP contribution in [0.1, 0.15) is 72.2 Å². The fraction of sp³-hybridized carbons (Fsp3) is 0.478. The Morgan fingerprint density at radius 3 is 2.61 bits per heavy atom. The molecule has 1 aromatic heterocycles. The molecule has 10 heteroatoms. The molecule has 180 valence electrons. The first-order valence-electron chi connectivity index (χ1n) is 10.6.